The Hall–Kier alpha value is -2.32. The van der Waals surface area contributed by atoms with Gasteiger partial charge in [-0.2, -0.15) is 0 Å². The molecule has 0 aromatic heterocycles. The summed E-state index contributed by atoms with van der Waals surface area (Å²) in [6.07, 6.45) is 35.5. The Labute approximate surface area is 290 Å². The van der Waals surface area contributed by atoms with Crippen LogP contribution in [0.15, 0.2) is 48.6 Å². The van der Waals surface area contributed by atoms with E-state index in [0.717, 1.165) is 38.5 Å². The number of phosphoric acid groups is 1. The predicted molar refractivity (Wildman–Crippen MR) is 193 cm³/mol. The van der Waals surface area contributed by atoms with Crippen LogP contribution in [-0.2, 0) is 32.9 Å². The molecular formula is C38H65O9P. The zero-order valence-corrected chi connectivity index (χ0v) is 30.8. The highest BCUT2D eigenvalue weighted by atomic mass is 31.2. The normalized spacial score (nSPS) is 12.9. The van der Waals surface area contributed by atoms with Crippen molar-refractivity contribution in [1.82, 2.24) is 0 Å². The third-order valence-corrected chi connectivity index (χ3v) is 8.06. The number of ketones is 1. The monoisotopic (exact) mass is 696 g/mol. The maximum Gasteiger partial charge on any atom is 0.469 e. The number of carbonyl (C=O) groups is 3. The maximum absolute atomic E-state index is 12.3. The zero-order valence-electron chi connectivity index (χ0n) is 29.9. The highest BCUT2D eigenvalue weighted by Crippen LogP contribution is 2.35. The highest BCUT2D eigenvalue weighted by Gasteiger charge is 2.23. The lowest BCUT2D eigenvalue weighted by Crippen LogP contribution is -2.29. The van der Waals surface area contributed by atoms with Gasteiger partial charge in [0.1, 0.15) is 6.61 Å². The van der Waals surface area contributed by atoms with E-state index in [4.69, 9.17) is 19.3 Å². The second-order valence-electron chi connectivity index (χ2n) is 12.2. The van der Waals surface area contributed by atoms with Gasteiger partial charge in [0.2, 0.25) is 0 Å². The summed E-state index contributed by atoms with van der Waals surface area (Å²) in [5.41, 5.74) is 0. The van der Waals surface area contributed by atoms with Crippen LogP contribution in [0.1, 0.15) is 155 Å². The van der Waals surface area contributed by atoms with Gasteiger partial charge in [0.05, 0.1) is 6.61 Å². The molecule has 0 unspecified atom stereocenters. The van der Waals surface area contributed by atoms with Crippen LogP contribution in [0.2, 0.25) is 0 Å². The Kier molecular flexibility index (Phi) is 31.6. The second-order valence-corrected chi connectivity index (χ2v) is 13.5. The molecule has 0 saturated heterocycles. The second kappa shape index (κ2) is 33.2. The highest BCUT2D eigenvalue weighted by molar-refractivity contribution is 7.46. The van der Waals surface area contributed by atoms with Gasteiger partial charge >= 0.3 is 19.8 Å². The van der Waals surface area contributed by atoms with Crippen molar-refractivity contribution in [1.29, 1.82) is 0 Å². The number of phosphoric ester groups is 1. The van der Waals surface area contributed by atoms with E-state index in [1.165, 1.54) is 76.7 Å². The van der Waals surface area contributed by atoms with E-state index in [1.54, 1.807) is 6.08 Å². The fourth-order valence-electron chi connectivity index (χ4n) is 4.80. The van der Waals surface area contributed by atoms with Crippen LogP contribution in [-0.4, -0.2) is 46.8 Å². The molecule has 48 heavy (non-hydrogen) atoms. The topological polar surface area (TPSA) is 136 Å². The summed E-state index contributed by atoms with van der Waals surface area (Å²) in [4.78, 5) is 54.7. The minimum atomic E-state index is -4.81. The minimum Gasteiger partial charge on any atom is -0.462 e. The first kappa shape index (κ1) is 45.7. The van der Waals surface area contributed by atoms with Crippen LogP contribution in [0, 0.1) is 0 Å². The average molecular weight is 697 g/mol. The van der Waals surface area contributed by atoms with Crippen LogP contribution < -0.4 is 0 Å². The first-order valence-corrected chi connectivity index (χ1v) is 19.9. The first-order chi connectivity index (χ1) is 23.2. The van der Waals surface area contributed by atoms with Crippen LogP contribution in [0.5, 0.6) is 0 Å². The Bertz CT molecular complexity index is 981. The molecule has 9 nitrogen and oxygen atoms in total. The predicted octanol–water partition coefficient (Wildman–Crippen LogP) is 9.97. The van der Waals surface area contributed by atoms with Crippen LogP contribution in [0.3, 0.4) is 0 Å². The molecule has 0 aromatic carbocycles. The van der Waals surface area contributed by atoms with Gasteiger partial charge in [-0.15, -0.1) is 0 Å². The molecule has 0 aliphatic carbocycles. The number of unbranched alkanes of at least 4 members (excludes halogenated alkanes) is 14. The van der Waals surface area contributed by atoms with E-state index in [1.807, 2.05) is 12.2 Å². The molecule has 0 radical (unpaired) electrons. The summed E-state index contributed by atoms with van der Waals surface area (Å²) in [6, 6.07) is 0. The van der Waals surface area contributed by atoms with Gasteiger partial charge in [0.15, 0.2) is 11.9 Å². The molecular weight excluding hydrogens is 631 g/mol. The van der Waals surface area contributed by atoms with Gasteiger partial charge in [-0.1, -0.05) is 140 Å². The molecule has 0 heterocycles. The minimum absolute atomic E-state index is 0.0769. The van der Waals surface area contributed by atoms with Gasteiger partial charge in [0, 0.05) is 19.3 Å². The molecule has 0 amide bonds. The smallest absolute Gasteiger partial charge is 0.462 e. The summed E-state index contributed by atoms with van der Waals surface area (Å²) in [5.74, 6) is -1.28. The van der Waals surface area contributed by atoms with Crippen molar-refractivity contribution in [3.05, 3.63) is 48.6 Å². The number of hydrogen-bond acceptors (Lipinski definition) is 7. The van der Waals surface area contributed by atoms with Crippen molar-refractivity contribution in [2.24, 2.45) is 0 Å². The van der Waals surface area contributed by atoms with Crippen molar-refractivity contribution in [2.45, 2.75) is 161 Å². The van der Waals surface area contributed by atoms with E-state index < -0.39 is 32.5 Å². The number of carbonyl (C=O) groups excluding carboxylic acids is 3. The average Bonchev–Trinajstić information content (AvgIpc) is 3.04. The van der Waals surface area contributed by atoms with Gasteiger partial charge in [0.25, 0.3) is 0 Å². The van der Waals surface area contributed by atoms with E-state index in [0.29, 0.717) is 6.42 Å². The Balaban J connectivity index is 4.21. The van der Waals surface area contributed by atoms with Crippen LogP contribution in [0.25, 0.3) is 0 Å². The molecule has 1 atom stereocenters. The van der Waals surface area contributed by atoms with E-state index in [2.05, 4.69) is 42.7 Å². The van der Waals surface area contributed by atoms with Gasteiger partial charge in [-0.3, -0.25) is 18.9 Å². The summed E-state index contributed by atoms with van der Waals surface area (Å²) in [6.45, 7) is 3.43. The number of esters is 2. The molecule has 0 aliphatic rings. The van der Waals surface area contributed by atoms with Crippen molar-refractivity contribution >= 4 is 25.5 Å². The molecule has 0 saturated carbocycles. The standard InChI is InChI=1S/C38H65O9P/c1-3-5-7-9-11-13-15-17-18-20-22-24-26-29-35(39)30-28-32-38(41)47-36(34-46-48(42,43)44)33-45-37(40)31-27-25-23-21-19-16-14-12-10-8-6-4-2/h11,13,17-18,22,24,26,29,36H,3-10,12,14-16,19-21,23,25,27-28,30-34H2,1-2H3,(H2,42,43,44)/b13-11-,18-17-,24-22-,29-26+/t36-/m1/s1. The van der Waals surface area contributed by atoms with Crippen LogP contribution in [0.4, 0.5) is 0 Å². The third-order valence-electron chi connectivity index (χ3n) is 7.58. The molecule has 0 fully saturated rings. The Morgan fingerprint density at radius 3 is 1.77 bits per heavy atom. The number of rotatable bonds is 33. The fraction of sp³-hybridized carbons (Fsp3) is 0.711. The molecule has 276 valence electrons. The van der Waals surface area contributed by atoms with Gasteiger partial charge < -0.3 is 19.3 Å². The first-order valence-electron chi connectivity index (χ1n) is 18.4. The van der Waals surface area contributed by atoms with Crippen molar-refractivity contribution in [2.75, 3.05) is 13.2 Å². The summed E-state index contributed by atoms with van der Waals surface area (Å²) < 4.78 is 26.1. The van der Waals surface area contributed by atoms with Crippen LogP contribution >= 0.6 is 7.82 Å². The zero-order chi connectivity index (χ0) is 35.6. The lowest BCUT2D eigenvalue weighted by atomic mass is 10.0. The largest absolute Gasteiger partial charge is 0.469 e. The van der Waals surface area contributed by atoms with Crippen molar-refractivity contribution in [3.63, 3.8) is 0 Å². The third kappa shape index (κ3) is 35.0. The summed E-state index contributed by atoms with van der Waals surface area (Å²) in [7, 11) is -4.81. The maximum atomic E-state index is 12.3. The lowest BCUT2D eigenvalue weighted by molar-refractivity contribution is -0.161. The number of hydrogen-bond donors (Lipinski definition) is 2. The van der Waals surface area contributed by atoms with Gasteiger partial charge in [-0.25, -0.2) is 4.57 Å². The Morgan fingerprint density at radius 1 is 0.604 bits per heavy atom. The molecule has 0 spiro atoms. The SMILES string of the molecule is CCCCC/C=C\C/C=C\C/C=C\C=C\C(=O)CCCC(=O)O[C@H](COC(=O)CCCCCCCCCCCCCC)COP(=O)(O)O. The van der Waals surface area contributed by atoms with Gasteiger partial charge in [-0.05, 0) is 44.6 Å². The van der Waals surface area contributed by atoms with E-state index in [-0.39, 0.29) is 38.1 Å². The lowest BCUT2D eigenvalue weighted by Gasteiger charge is -2.18. The summed E-state index contributed by atoms with van der Waals surface area (Å²) >= 11 is 0. The molecule has 0 rings (SSSR count). The number of allylic oxidation sites excluding steroid dienone is 8. The summed E-state index contributed by atoms with van der Waals surface area (Å²) in [5, 5.41) is 0. The quantitative estimate of drug-likeness (QED) is 0.0172. The number of ether oxygens (including phenoxy) is 2. The molecule has 0 bridgehead atoms. The molecule has 2 N–H and O–H groups in total. The fourth-order valence-corrected chi connectivity index (χ4v) is 5.16. The molecule has 10 heteroatoms. The molecule has 0 aliphatic heterocycles. The molecule has 0 aromatic rings. The van der Waals surface area contributed by atoms with Crippen molar-refractivity contribution in [3.8, 4) is 0 Å². The Morgan fingerprint density at radius 2 is 1.15 bits per heavy atom. The van der Waals surface area contributed by atoms with Crippen molar-refractivity contribution < 1.29 is 42.7 Å². The van der Waals surface area contributed by atoms with E-state index in [9.17, 15) is 18.9 Å². The van der Waals surface area contributed by atoms with E-state index >= 15 is 0 Å².